The van der Waals surface area contributed by atoms with Crippen LogP contribution in [0.15, 0.2) is 48.0 Å². The molecule has 0 saturated carbocycles. The van der Waals surface area contributed by atoms with E-state index in [-0.39, 0.29) is 29.4 Å². The highest BCUT2D eigenvalue weighted by molar-refractivity contribution is 6.46. The van der Waals surface area contributed by atoms with Crippen LogP contribution < -0.4 is 9.47 Å². The normalized spacial score (nSPS) is 17.3. The number of likely N-dealkylation sites (tertiary alicyclic amines) is 1. The Morgan fingerprint density at radius 3 is 2.43 bits per heavy atom. The highest BCUT2D eigenvalue weighted by Crippen LogP contribution is 2.42. The van der Waals surface area contributed by atoms with Crippen LogP contribution in [0.3, 0.4) is 0 Å². The van der Waals surface area contributed by atoms with E-state index in [4.69, 9.17) is 14.2 Å². The molecule has 35 heavy (non-hydrogen) atoms. The Kier molecular flexibility index (Phi) is 8.76. The van der Waals surface area contributed by atoms with Gasteiger partial charge in [-0.15, -0.1) is 0 Å². The fourth-order valence-corrected chi connectivity index (χ4v) is 3.94. The molecule has 3 rings (SSSR count). The average molecular weight is 484 g/mol. The van der Waals surface area contributed by atoms with Gasteiger partial charge in [0.1, 0.15) is 11.5 Å². The summed E-state index contributed by atoms with van der Waals surface area (Å²) in [6.07, 6.45) is 0.512. The molecule has 1 heterocycles. The minimum Gasteiger partial charge on any atom is -0.507 e. The Balaban J connectivity index is 2.06. The lowest BCUT2D eigenvalue weighted by molar-refractivity contribution is -0.140. The molecule has 0 bridgehead atoms. The number of phenolic OH excluding ortho intramolecular Hbond substituents is 1. The molecule has 2 N–H and O–H groups in total. The first-order chi connectivity index (χ1) is 16.8. The van der Waals surface area contributed by atoms with Gasteiger partial charge < -0.3 is 29.3 Å². The van der Waals surface area contributed by atoms with Crippen molar-refractivity contribution in [3.8, 4) is 17.2 Å². The lowest BCUT2D eigenvalue weighted by Crippen LogP contribution is -2.31. The molecule has 1 saturated heterocycles. The highest BCUT2D eigenvalue weighted by Gasteiger charge is 2.46. The van der Waals surface area contributed by atoms with Crippen molar-refractivity contribution < 1.29 is 34.0 Å². The number of hydrogen-bond acceptors (Lipinski definition) is 7. The maximum atomic E-state index is 13.1. The molecule has 8 nitrogen and oxygen atoms in total. The molecule has 2 aromatic rings. The van der Waals surface area contributed by atoms with Gasteiger partial charge in [-0.05, 0) is 61.2 Å². The van der Waals surface area contributed by atoms with Crippen LogP contribution in [0.5, 0.6) is 17.2 Å². The molecule has 1 fully saturated rings. The van der Waals surface area contributed by atoms with Gasteiger partial charge in [-0.3, -0.25) is 9.59 Å². The second-order valence-electron chi connectivity index (χ2n) is 8.73. The average Bonchev–Trinajstić information content (AvgIpc) is 3.09. The van der Waals surface area contributed by atoms with Crippen LogP contribution in [-0.2, 0) is 14.3 Å². The zero-order valence-electron chi connectivity index (χ0n) is 20.6. The SMILES string of the molecule is CCOc1cc([C@@H]2C(=C(O)c3ccc(OCC(C)C)cc3)C(=O)C(=O)N2CCCOC)ccc1O. The molecule has 8 heteroatoms. The van der Waals surface area contributed by atoms with Crippen LogP contribution in [0.2, 0.25) is 0 Å². The molecule has 0 aromatic heterocycles. The Morgan fingerprint density at radius 1 is 1.09 bits per heavy atom. The van der Waals surface area contributed by atoms with Crippen LogP contribution in [0.25, 0.3) is 5.76 Å². The van der Waals surface area contributed by atoms with Crippen LogP contribution in [0.1, 0.15) is 44.4 Å². The summed E-state index contributed by atoms with van der Waals surface area (Å²) >= 11 is 0. The van der Waals surface area contributed by atoms with Crippen molar-refractivity contribution in [2.24, 2.45) is 5.92 Å². The van der Waals surface area contributed by atoms with E-state index in [2.05, 4.69) is 0 Å². The van der Waals surface area contributed by atoms with Crippen LogP contribution in [-0.4, -0.2) is 60.3 Å². The van der Waals surface area contributed by atoms with Crippen molar-refractivity contribution in [1.82, 2.24) is 4.90 Å². The van der Waals surface area contributed by atoms with E-state index in [0.29, 0.717) is 49.0 Å². The topological polar surface area (TPSA) is 106 Å². The number of aliphatic hydroxyl groups is 1. The number of phenols is 1. The second-order valence-corrected chi connectivity index (χ2v) is 8.73. The summed E-state index contributed by atoms with van der Waals surface area (Å²) in [6, 6.07) is 10.6. The lowest BCUT2D eigenvalue weighted by atomic mass is 9.95. The largest absolute Gasteiger partial charge is 0.507 e. The maximum absolute atomic E-state index is 13.1. The molecular weight excluding hydrogens is 450 g/mol. The lowest BCUT2D eigenvalue weighted by Gasteiger charge is -2.25. The number of rotatable bonds is 11. The Morgan fingerprint density at radius 2 is 1.80 bits per heavy atom. The number of aromatic hydroxyl groups is 1. The third kappa shape index (κ3) is 5.95. The number of nitrogens with zero attached hydrogens (tertiary/aromatic N) is 1. The first-order valence-corrected chi connectivity index (χ1v) is 11.7. The number of carbonyl (C=O) groups is 2. The fourth-order valence-electron chi connectivity index (χ4n) is 3.94. The van der Waals surface area contributed by atoms with Gasteiger partial charge in [-0.25, -0.2) is 0 Å². The Bertz CT molecular complexity index is 1080. The van der Waals surface area contributed by atoms with Crippen LogP contribution in [0, 0.1) is 5.92 Å². The predicted octanol–water partition coefficient (Wildman–Crippen LogP) is 4.28. The Hall–Kier alpha value is -3.52. The van der Waals surface area contributed by atoms with Gasteiger partial charge in [0, 0.05) is 25.8 Å². The van der Waals surface area contributed by atoms with E-state index < -0.39 is 17.7 Å². The molecule has 0 spiro atoms. The molecule has 2 aromatic carbocycles. The van der Waals surface area contributed by atoms with E-state index in [0.717, 1.165) is 0 Å². The van der Waals surface area contributed by atoms with E-state index in [9.17, 15) is 19.8 Å². The van der Waals surface area contributed by atoms with Crippen molar-refractivity contribution in [3.05, 3.63) is 59.2 Å². The number of Topliss-reactive ketones (excluding diaryl/α,β-unsaturated/α-hetero) is 1. The molecule has 0 unspecified atom stereocenters. The summed E-state index contributed by atoms with van der Waals surface area (Å²) in [5.41, 5.74) is 0.920. The van der Waals surface area contributed by atoms with Crippen LogP contribution in [0.4, 0.5) is 0 Å². The summed E-state index contributed by atoms with van der Waals surface area (Å²) < 4.78 is 16.3. The number of ketones is 1. The van der Waals surface area contributed by atoms with Crippen molar-refractivity contribution in [3.63, 3.8) is 0 Å². The molecule has 1 aliphatic rings. The summed E-state index contributed by atoms with van der Waals surface area (Å²) in [4.78, 5) is 27.5. The predicted molar refractivity (Wildman–Crippen MR) is 132 cm³/mol. The number of amides is 1. The maximum Gasteiger partial charge on any atom is 0.295 e. The first-order valence-electron chi connectivity index (χ1n) is 11.7. The molecular formula is C27H33NO7. The summed E-state index contributed by atoms with van der Waals surface area (Å²) in [5.74, 6) is -0.547. The van der Waals surface area contributed by atoms with Crippen molar-refractivity contribution in [1.29, 1.82) is 0 Å². The second kappa shape index (κ2) is 11.8. The van der Waals surface area contributed by atoms with Crippen LogP contribution >= 0.6 is 0 Å². The quantitative estimate of drug-likeness (QED) is 0.213. The summed E-state index contributed by atoms with van der Waals surface area (Å²) in [5, 5.41) is 21.3. The molecule has 0 radical (unpaired) electrons. The van der Waals surface area contributed by atoms with E-state index in [1.165, 1.54) is 11.0 Å². The summed E-state index contributed by atoms with van der Waals surface area (Å²) in [7, 11) is 1.56. The highest BCUT2D eigenvalue weighted by atomic mass is 16.5. The minimum absolute atomic E-state index is 0.0172. The van der Waals surface area contributed by atoms with Crippen molar-refractivity contribution in [2.45, 2.75) is 33.2 Å². The monoisotopic (exact) mass is 483 g/mol. The van der Waals surface area contributed by atoms with E-state index in [1.807, 2.05) is 13.8 Å². The first kappa shape index (κ1) is 26.1. The summed E-state index contributed by atoms with van der Waals surface area (Å²) in [6.45, 7) is 7.44. The molecule has 1 aliphatic heterocycles. The third-order valence-electron chi connectivity index (χ3n) is 5.60. The molecule has 188 valence electrons. The zero-order chi connectivity index (χ0) is 25.5. The number of methoxy groups -OCH3 is 1. The Labute approximate surface area is 205 Å². The van der Waals surface area contributed by atoms with Crippen molar-refractivity contribution in [2.75, 3.05) is 33.5 Å². The molecule has 0 aliphatic carbocycles. The van der Waals surface area contributed by atoms with Gasteiger partial charge in [-0.2, -0.15) is 0 Å². The minimum atomic E-state index is -0.844. The number of hydrogen-bond donors (Lipinski definition) is 2. The third-order valence-corrected chi connectivity index (χ3v) is 5.60. The smallest absolute Gasteiger partial charge is 0.295 e. The fraction of sp³-hybridized carbons (Fsp3) is 0.407. The van der Waals surface area contributed by atoms with Gasteiger partial charge in [0.2, 0.25) is 0 Å². The molecule has 1 amide bonds. The number of ether oxygens (including phenoxy) is 3. The van der Waals surface area contributed by atoms with Gasteiger partial charge in [0.25, 0.3) is 11.7 Å². The van der Waals surface area contributed by atoms with Gasteiger partial charge in [0.05, 0.1) is 24.8 Å². The van der Waals surface area contributed by atoms with E-state index in [1.54, 1.807) is 50.4 Å². The van der Waals surface area contributed by atoms with Gasteiger partial charge >= 0.3 is 0 Å². The standard InChI is InChI=1S/C27H33NO7/c1-5-34-22-15-19(9-12-21(22)29)24-23(26(31)27(32)28(24)13-6-14-33-4)25(30)18-7-10-20(11-8-18)35-16-17(2)3/h7-12,15,17,24,29-30H,5-6,13-14,16H2,1-4H3/t24-/m1/s1. The number of carbonyl (C=O) groups excluding carboxylic acids is 2. The van der Waals surface area contributed by atoms with Gasteiger partial charge in [-0.1, -0.05) is 19.9 Å². The van der Waals surface area contributed by atoms with Gasteiger partial charge in [0.15, 0.2) is 11.5 Å². The van der Waals surface area contributed by atoms with Crippen molar-refractivity contribution >= 4 is 17.4 Å². The zero-order valence-corrected chi connectivity index (χ0v) is 20.6. The molecule has 1 atom stereocenters. The number of benzene rings is 2. The number of aliphatic hydroxyl groups excluding tert-OH is 1. The van der Waals surface area contributed by atoms with E-state index >= 15 is 0 Å².